The standard InChI is InChI=1S/C17H18FNO2/c1-11-8-14(18)9-12(2)17(11)15-10-13(6-7-19-15)4-5-16(20)21-3/h6-10H,4-5H2,1-3H3. The van der Waals surface area contributed by atoms with E-state index in [0.29, 0.717) is 12.8 Å². The third kappa shape index (κ3) is 3.66. The number of ether oxygens (including phenoxy) is 1. The van der Waals surface area contributed by atoms with Crippen molar-refractivity contribution in [1.29, 1.82) is 0 Å². The van der Waals surface area contributed by atoms with Crippen LogP contribution < -0.4 is 0 Å². The van der Waals surface area contributed by atoms with Crippen molar-refractivity contribution in [3.63, 3.8) is 0 Å². The smallest absolute Gasteiger partial charge is 0.305 e. The Bertz CT molecular complexity index is 645. The molecule has 0 amide bonds. The Morgan fingerprint density at radius 1 is 1.24 bits per heavy atom. The summed E-state index contributed by atoms with van der Waals surface area (Å²) in [4.78, 5) is 15.6. The van der Waals surface area contributed by atoms with Crippen LogP contribution in [-0.2, 0) is 16.0 Å². The molecular weight excluding hydrogens is 269 g/mol. The van der Waals surface area contributed by atoms with E-state index in [4.69, 9.17) is 0 Å². The third-order valence-electron chi connectivity index (χ3n) is 3.42. The number of carbonyl (C=O) groups is 1. The lowest BCUT2D eigenvalue weighted by molar-refractivity contribution is -0.140. The lowest BCUT2D eigenvalue weighted by Gasteiger charge is -2.11. The Balaban J connectivity index is 2.31. The van der Waals surface area contributed by atoms with Crippen LogP contribution in [0.25, 0.3) is 11.3 Å². The van der Waals surface area contributed by atoms with Crippen LogP contribution in [0.5, 0.6) is 0 Å². The van der Waals surface area contributed by atoms with Crippen LogP contribution in [0.1, 0.15) is 23.1 Å². The van der Waals surface area contributed by atoms with Gasteiger partial charge >= 0.3 is 5.97 Å². The number of nitrogens with zero attached hydrogens (tertiary/aromatic N) is 1. The molecule has 0 bridgehead atoms. The SMILES string of the molecule is COC(=O)CCc1ccnc(-c2c(C)cc(F)cc2C)c1. The molecule has 0 aliphatic heterocycles. The quantitative estimate of drug-likeness (QED) is 0.806. The topological polar surface area (TPSA) is 39.2 Å². The van der Waals surface area contributed by atoms with Gasteiger partial charge in [0, 0.05) is 18.2 Å². The molecule has 110 valence electrons. The lowest BCUT2D eigenvalue weighted by Crippen LogP contribution is -2.02. The van der Waals surface area contributed by atoms with Crippen LogP contribution in [0, 0.1) is 19.7 Å². The summed E-state index contributed by atoms with van der Waals surface area (Å²) in [5.74, 6) is -0.474. The van der Waals surface area contributed by atoms with Crippen molar-refractivity contribution >= 4 is 5.97 Å². The van der Waals surface area contributed by atoms with Crippen LogP contribution in [0.3, 0.4) is 0 Å². The van der Waals surface area contributed by atoms with E-state index < -0.39 is 0 Å². The first-order chi connectivity index (χ1) is 10.0. The molecule has 2 aromatic rings. The number of aromatic nitrogens is 1. The fraction of sp³-hybridized carbons (Fsp3) is 0.294. The number of methoxy groups -OCH3 is 1. The second-order valence-corrected chi connectivity index (χ2v) is 5.04. The monoisotopic (exact) mass is 287 g/mol. The van der Waals surface area contributed by atoms with Gasteiger partial charge in [0.25, 0.3) is 0 Å². The van der Waals surface area contributed by atoms with E-state index in [1.54, 1.807) is 6.20 Å². The molecule has 0 radical (unpaired) electrons. The summed E-state index contributed by atoms with van der Waals surface area (Å²) in [6, 6.07) is 6.83. The Hall–Kier alpha value is -2.23. The first-order valence-corrected chi connectivity index (χ1v) is 6.80. The number of hydrogen-bond donors (Lipinski definition) is 0. The van der Waals surface area contributed by atoms with Gasteiger partial charge in [-0.3, -0.25) is 9.78 Å². The Kier molecular flexibility index (Phi) is 4.68. The average molecular weight is 287 g/mol. The highest BCUT2D eigenvalue weighted by Gasteiger charge is 2.10. The predicted molar refractivity (Wildman–Crippen MR) is 79.4 cm³/mol. The van der Waals surface area contributed by atoms with E-state index in [1.165, 1.54) is 19.2 Å². The summed E-state index contributed by atoms with van der Waals surface area (Å²) >= 11 is 0. The van der Waals surface area contributed by atoms with Crippen molar-refractivity contribution in [2.45, 2.75) is 26.7 Å². The Labute approximate surface area is 123 Å². The lowest BCUT2D eigenvalue weighted by atomic mass is 9.97. The van der Waals surface area contributed by atoms with Gasteiger partial charge in [-0.25, -0.2) is 4.39 Å². The molecule has 0 saturated carbocycles. The van der Waals surface area contributed by atoms with E-state index in [2.05, 4.69) is 9.72 Å². The van der Waals surface area contributed by atoms with E-state index in [0.717, 1.165) is 27.9 Å². The van der Waals surface area contributed by atoms with Crippen molar-refractivity contribution in [2.75, 3.05) is 7.11 Å². The predicted octanol–water partition coefficient (Wildman–Crippen LogP) is 3.61. The van der Waals surface area contributed by atoms with Crippen molar-refractivity contribution < 1.29 is 13.9 Å². The number of pyridine rings is 1. The fourth-order valence-corrected chi connectivity index (χ4v) is 2.43. The largest absolute Gasteiger partial charge is 0.469 e. The molecule has 0 fully saturated rings. The minimum absolute atomic E-state index is 0.234. The van der Waals surface area contributed by atoms with Gasteiger partial charge in [-0.1, -0.05) is 0 Å². The molecule has 2 rings (SSSR count). The molecule has 21 heavy (non-hydrogen) atoms. The number of esters is 1. The zero-order valence-electron chi connectivity index (χ0n) is 12.4. The van der Waals surface area contributed by atoms with Crippen molar-refractivity contribution in [3.05, 3.63) is 53.0 Å². The maximum absolute atomic E-state index is 13.4. The highest BCUT2D eigenvalue weighted by atomic mass is 19.1. The maximum atomic E-state index is 13.4. The van der Waals surface area contributed by atoms with Crippen LogP contribution >= 0.6 is 0 Å². The highest BCUT2D eigenvalue weighted by molar-refractivity contribution is 5.70. The van der Waals surface area contributed by atoms with Crippen LogP contribution in [0.15, 0.2) is 30.5 Å². The minimum Gasteiger partial charge on any atom is -0.469 e. The molecule has 0 N–H and O–H groups in total. The number of rotatable bonds is 4. The summed E-state index contributed by atoms with van der Waals surface area (Å²) < 4.78 is 18.0. The highest BCUT2D eigenvalue weighted by Crippen LogP contribution is 2.27. The molecule has 1 heterocycles. The Morgan fingerprint density at radius 2 is 1.90 bits per heavy atom. The van der Waals surface area contributed by atoms with Gasteiger partial charge in [0.15, 0.2) is 0 Å². The van der Waals surface area contributed by atoms with E-state index in [1.807, 2.05) is 26.0 Å². The normalized spacial score (nSPS) is 10.5. The molecule has 0 atom stereocenters. The molecule has 0 aliphatic carbocycles. The van der Waals surface area contributed by atoms with Gasteiger partial charge in [0.2, 0.25) is 0 Å². The van der Waals surface area contributed by atoms with Crippen LogP contribution in [0.4, 0.5) is 4.39 Å². The van der Waals surface area contributed by atoms with Gasteiger partial charge in [-0.2, -0.15) is 0 Å². The first kappa shape index (κ1) is 15.2. The second-order valence-electron chi connectivity index (χ2n) is 5.04. The second kappa shape index (κ2) is 6.48. The minimum atomic E-state index is -0.240. The molecule has 1 aromatic carbocycles. The zero-order valence-corrected chi connectivity index (χ0v) is 12.4. The van der Waals surface area contributed by atoms with E-state index in [-0.39, 0.29) is 11.8 Å². The van der Waals surface area contributed by atoms with Gasteiger partial charge in [-0.05, 0) is 61.2 Å². The molecular formula is C17H18FNO2. The number of carbonyl (C=O) groups excluding carboxylic acids is 1. The number of halogens is 1. The zero-order chi connectivity index (χ0) is 15.4. The fourth-order valence-electron chi connectivity index (χ4n) is 2.43. The van der Waals surface area contributed by atoms with E-state index >= 15 is 0 Å². The average Bonchev–Trinajstić information content (AvgIpc) is 2.44. The molecule has 0 saturated heterocycles. The molecule has 1 aromatic heterocycles. The summed E-state index contributed by atoms with van der Waals surface area (Å²) in [6.07, 6.45) is 2.65. The number of hydrogen-bond acceptors (Lipinski definition) is 3. The van der Waals surface area contributed by atoms with Crippen molar-refractivity contribution in [2.24, 2.45) is 0 Å². The van der Waals surface area contributed by atoms with Crippen LogP contribution in [-0.4, -0.2) is 18.1 Å². The maximum Gasteiger partial charge on any atom is 0.305 e. The molecule has 0 unspecified atom stereocenters. The third-order valence-corrected chi connectivity index (χ3v) is 3.42. The van der Waals surface area contributed by atoms with Gasteiger partial charge < -0.3 is 4.74 Å². The summed E-state index contributed by atoms with van der Waals surface area (Å²) in [5, 5.41) is 0. The molecule has 0 spiro atoms. The molecule has 4 heteroatoms. The Morgan fingerprint density at radius 3 is 2.52 bits per heavy atom. The number of benzene rings is 1. The summed E-state index contributed by atoms with van der Waals surface area (Å²) in [5.41, 5.74) is 4.45. The van der Waals surface area contributed by atoms with Crippen molar-refractivity contribution in [3.8, 4) is 11.3 Å². The first-order valence-electron chi connectivity index (χ1n) is 6.80. The van der Waals surface area contributed by atoms with Gasteiger partial charge in [0.05, 0.1) is 12.8 Å². The summed E-state index contributed by atoms with van der Waals surface area (Å²) in [7, 11) is 1.38. The van der Waals surface area contributed by atoms with Gasteiger partial charge in [-0.15, -0.1) is 0 Å². The number of aryl methyl sites for hydroxylation is 3. The van der Waals surface area contributed by atoms with Crippen LogP contribution in [0.2, 0.25) is 0 Å². The summed E-state index contributed by atoms with van der Waals surface area (Å²) in [6.45, 7) is 3.74. The van der Waals surface area contributed by atoms with Crippen molar-refractivity contribution in [1.82, 2.24) is 4.98 Å². The van der Waals surface area contributed by atoms with E-state index in [9.17, 15) is 9.18 Å². The molecule has 0 aliphatic rings. The molecule has 3 nitrogen and oxygen atoms in total. The van der Waals surface area contributed by atoms with Gasteiger partial charge in [0.1, 0.15) is 5.82 Å².